The third-order valence-corrected chi connectivity index (χ3v) is 3.23. The summed E-state index contributed by atoms with van der Waals surface area (Å²) in [6, 6.07) is 18.7. The third-order valence-electron chi connectivity index (χ3n) is 3.23. The number of allylic oxidation sites excluding steroid dienone is 1. The average molecular weight is 260 g/mol. The van der Waals surface area contributed by atoms with E-state index in [4.69, 9.17) is 0 Å². The molecule has 0 radical (unpaired) electrons. The minimum Gasteiger partial charge on any atom is -0.316 e. The van der Waals surface area contributed by atoms with E-state index >= 15 is 0 Å². The molecule has 0 spiro atoms. The first-order chi connectivity index (χ1) is 9.90. The van der Waals surface area contributed by atoms with Gasteiger partial charge in [-0.05, 0) is 25.1 Å². The van der Waals surface area contributed by atoms with Crippen molar-refractivity contribution >= 4 is 17.1 Å². The lowest BCUT2D eigenvalue weighted by molar-refractivity contribution is 1.13. The summed E-state index contributed by atoms with van der Waals surface area (Å²) in [7, 11) is 0. The summed E-state index contributed by atoms with van der Waals surface area (Å²) in [5.74, 6) is 0. The lowest BCUT2D eigenvalue weighted by Crippen LogP contribution is -1.90. The van der Waals surface area contributed by atoms with Crippen molar-refractivity contribution < 1.29 is 0 Å². The van der Waals surface area contributed by atoms with Crippen molar-refractivity contribution in [3.05, 3.63) is 78.6 Å². The van der Waals surface area contributed by atoms with E-state index in [0.29, 0.717) is 0 Å². The van der Waals surface area contributed by atoms with Crippen molar-refractivity contribution in [3.8, 4) is 5.69 Å². The molecular formula is C18H16N2. The highest BCUT2D eigenvalue weighted by Gasteiger charge is 2.07. The van der Waals surface area contributed by atoms with Crippen molar-refractivity contribution in [1.29, 1.82) is 0 Å². The second kappa shape index (κ2) is 5.57. The van der Waals surface area contributed by atoms with Gasteiger partial charge in [0.2, 0.25) is 0 Å². The van der Waals surface area contributed by atoms with Gasteiger partial charge >= 0.3 is 0 Å². The molecule has 0 N–H and O–H groups in total. The van der Waals surface area contributed by atoms with Gasteiger partial charge in [0.05, 0.1) is 5.52 Å². The fourth-order valence-corrected chi connectivity index (χ4v) is 2.32. The van der Waals surface area contributed by atoms with E-state index in [2.05, 4.69) is 64.3 Å². The van der Waals surface area contributed by atoms with Crippen molar-refractivity contribution in [2.45, 2.75) is 6.92 Å². The molecule has 0 aliphatic rings. The van der Waals surface area contributed by atoms with Crippen LogP contribution in [0.4, 0.5) is 0 Å². The van der Waals surface area contributed by atoms with Gasteiger partial charge in [0.25, 0.3) is 0 Å². The molecule has 2 aromatic carbocycles. The van der Waals surface area contributed by atoms with Gasteiger partial charge in [0.15, 0.2) is 0 Å². The second-order valence-electron chi connectivity index (χ2n) is 4.57. The summed E-state index contributed by atoms with van der Waals surface area (Å²) in [6.07, 6.45) is 7.76. The highest BCUT2D eigenvalue weighted by atomic mass is 15.0. The average Bonchev–Trinajstić information content (AvgIpc) is 2.88. The predicted octanol–water partition coefficient (Wildman–Crippen LogP) is 4.58. The van der Waals surface area contributed by atoms with E-state index in [1.807, 2.05) is 25.3 Å². The van der Waals surface area contributed by atoms with E-state index in [1.165, 1.54) is 10.9 Å². The minimum atomic E-state index is 1.13. The maximum Gasteiger partial charge on any atom is 0.0535 e. The predicted molar refractivity (Wildman–Crippen MR) is 85.7 cm³/mol. The van der Waals surface area contributed by atoms with Gasteiger partial charge in [-0.3, -0.25) is 4.99 Å². The molecule has 0 aliphatic heterocycles. The fourth-order valence-electron chi connectivity index (χ4n) is 2.32. The summed E-state index contributed by atoms with van der Waals surface area (Å²) in [4.78, 5) is 4.30. The molecule has 0 fully saturated rings. The van der Waals surface area contributed by atoms with Crippen LogP contribution in [0.3, 0.4) is 0 Å². The van der Waals surface area contributed by atoms with E-state index < -0.39 is 0 Å². The Hall–Kier alpha value is -2.61. The van der Waals surface area contributed by atoms with Gasteiger partial charge in [0.1, 0.15) is 0 Å². The molecule has 0 saturated heterocycles. The normalized spacial score (nSPS) is 11.8. The highest BCUT2D eigenvalue weighted by Crippen LogP contribution is 2.23. The molecule has 3 rings (SSSR count). The molecular weight excluding hydrogens is 244 g/mol. The van der Waals surface area contributed by atoms with E-state index in [9.17, 15) is 0 Å². The molecule has 20 heavy (non-hydrogen) atoms. The highest BCUT2D eigenvalue weighted by molar-refractivity contribution is 6.00. The second-order valence-corrected chi connectivity index (χ2v) is 4.57. The van der Waals surface area contributed by atoms with Crippen LogP contribution in [-0.2, 0) is 0 Å². The van der Waals surface area contributed by atoms with Crippen LogP contribution in [0, 0.1) is 0 Å². The molecule has 98 valence electrons. The van der Waals surface area contributed by atoms with Crippen LogP contribution >= 0.6 is 0 Å². The van der Waals surface area contributed by atoms with Crippen LogP contribution in [0.1, 0.15) is 12.5 Å². The number of fused-ring (bicyclic) bond motifs is 1. The molecule has 0 aliphatic carbocycles. The first-order valence-electron chi connectivity index (χ1n) is 6.70. The van der Waals surface area contributed by atoms with Crippen LogP contribution in [0.15, 0.2) is 78.1 Å². The van der Waals surface area contributed by atoms with E-state index in [1.54, 1.807) is 6.20 Å². The Balaban J connectivity index is 2.19. The van der Waals surface area contributed by atoms with Gasteiger partial charge in [-0.2, -0.15) is 0 Å². The van der Waals surface area contributed by atoms with Crippen molar-refractivity contribution in [2.75, 3.05) is 0 Å². The number of hydrogen-bond donors (Lipinski definition) is 0. The van der Waals surface area contributed by atoms with Crippen LogP contribution in [0.25, 0.3) is 16.6 Å². The Morgan fingerprint density at radius 1 is 0.950 bits per heavy atom. The Morgan fingerprint density at radius 2 is 1.70 bits per heavy atom. The Bertz CT molecular complexity index is 764. The molecule has 0 amide bonds. The minimum absolute atomic E-state index is 1.13. The molecule has 3 aromatic rings. The molecule has 0 unspecified atom stereocenters. The summed E-state index contributed by atoms with van der Waals surface area (Å²) in [5.41, 5.74) is 3.48. The molecule has 0 atom stereocenters. The number of nitrogens with zero attached hydrogens (tertiary/aromatic N) is 2. The van der Waals surface area contributed by atoms with Gasteiger partial charge < -0.3 is 4.57 Å². The Morgan fingerprint density at radius 3 is 2.50 bits per heavy atom. The summed E-state index contributed by atoms with van der Waals surface area (Å²) in [5, 5.41) is 1.21. The molecule has 1 heterocycles. The Labute approximate surface area is 118 Å². The SMILES string of the molecule is C/C=C\N=C/c1cn(-c2ccccc2)c2ccccc12. The fraction of sp³-hybridized carbons (Fsp3) is 0.0556. The third kappa shape index (κ3) is 2.28. The zero-order valence-corrected chi connectivity index (χ0v) is 11.4. The lowest BCUT2D eigenvalue weighted by atomic mass is 10.2. The van der Waals surface area contributed by atoms with E-state index in [0.717, 1.165) is 11.3 Å². The van der Waals surface area contributed by atoms with Gasteiger partial charge in [0, 0.05) is 35.2 Å². The summed E-state index contributed by atoms with van der Waals surface area (Å²) in [6.45, 7) is 1.96. The zero-order valence-electron chi connectivity index (χ0n) is 11.4. The van der Waals surface area contributed by atoms with Crippen LogP contribution in [-0.4, -0.2) is 10.8 Å². The maximum absolute atomic E-state index is 4.30. The zero-order chi connectivity index (χ0) is 13.8. The van der Waals surface area contributed by atoms with E-state index in [-0.39, 0.29) is 0 Å². The molecule has 1 aromatic heterocycles. The smallest absolute Gasteiger partial charge is 0.0535 e. The number of benzene rings is 2. The largest absolute Gasteiger partial charge is 0.316 e. The lowest BCUT2D eigenvalue weighted by Gasteiger charge is -2.04. The monoisotopic (exact) mass is 260 g/mol. The molecule has 2 heteroatoms. The number of para-hydroxylation sites is 2. The van der Waals surface area contributed by atoms with Crippen LogP contribution < -0.4 is 0 Å². The molecule has 0 saturated carbocycles. The number of hydrogen-bond acceptors (Lipinski definition) is 1. The molecule has 0 bridgehead atoms. The van der Waals surface area contributed by atoms with Crippen molar-refractivity contribution in [1.82, 2.24) is 4.57 Å². The summed E-state index contributed by atoms with van der Waals surface area (Å²) >= 11 is 0. The van der Waals surface area contributed by atoms with Gasteiger partial charge in [-0.25, -0.2) is 0 Å². The first-order valence-corrected chi connectivity index (χ1v) is 6.70. The molecule has 2 nitrogen and oxygen atoms in total. The van der Waals surface area contributed by atoms with Gasteiger partial charge in [-0.15, -0.1) is 0 Å². The topological polar surface area (TPSA) is 17.3 Å². The quantitative estimate of drug-likeness (QED) is 0.613. The first kappa shape index (κ1) is 12.4. The number of rotatable bonds is 3. The Kier molecular flexibility index (Phi) is 3.46. The van der Waals surface area contributed by atoms with Crippen molar-refractivity contribution in [3.63, 3.8) is 0 Å². The van der Waals surface area contributed by atoms with Crippen molar-refractivity contribution in [2.24, 2.45) is 4.99 Å². The van der Waals surface area contributed by atoms with Gasteiger partial charge in [-0.1, -0.05) is 42.5 Å². The number of aromatic nitrogens is 1. The maximum atomic E-state index is 4.30. The number of aliphatic imine (C=N–C) groups is 1. The standard InChI is InChI=1S/C18H16N2/c1-2-12-19-13-15-14-20(16-8-4-3-5-9-16)18-11-7-6-10-17(15)18/h2-14H,1H3/b12-2-,19-13-. The summed E-state index contributed by atoms with van der Waals surface area (Å²) < 4.78 is 2.20. The van der Waals surface area contributed by atoms with Crippen LogP contribution in [0.2, 0.25) is 0 Å². The van der Waals surface area contributed by atoms with Crippen LogP contribution in [0.5, 0.6) is 0 Å².